The van der Waals surface area contributed by atoms with Crippen molar-refractivity contribution in [3.05, 3.63) is 35.6 Å². The van der Waals surface area contributed by atoms with Gasteiger partial charge in [0.1, 0.15) is 5.82 Å². The summed E-state index contributed by atoms with van der Waals surface area (Å²) in [5.41, 5.74) is 1.62. The van der Waals surface area contributed by atoms with Crippen molar-refractivity contribution in [2.24, 2.45) is 5.41 Å². The maximum absolute atomic E-state index is 13.6. The summed E-state index contributed by atoms with van der Waals surface area (Å²) in [5.74, 6) is -0.120. The first-order valence-corrected chi connectivity index (χ1v) is 7.85. The molecule has 1 nitrogen and oxygen atoms in total. The monoisotopic (exact) mass is 277 g/mol. The molecular formula is C18H28FN. The molecule has 0 atom stereocenters. The van der Waals surface area contributed by atoms with Crippen LogP contribution in [-0.2, 0) is 5.54 Å². The van der Waals surface area contributed by atoms with Gasteiger partial charge in [0.25, 0.3) is 0 Å². The van der Waals surface area contributed by atoms with Crippen molar-refractivity contribution in [3.8, 4) is 0 Å². The lowest BCUT2D eigenvalue weighted by molar-refractivity contribution is 0.0382. The van der Waals surface area contributed by atoms with Gasteiger partial charge in [-0.05, 0) is 69.3 Å². The largest absolute Gasteiger partial charge is 0.300 e. The van der Waals surface area contributed by atoms with E-state index in [9.17, 15) is 4.39 Å². The first-order chi connectivity index (χ1) is 9.42. The Morgan fingerprint density at radius 2 is 1.80 bits per heavy atom. The highest BCUT2D eigenvalue weighted by Gasteiger charge is 2.42. The van der Waals surface area contributed by atoms with Gasteiger partial charge in [0.05, 0.1) is 0 Å². The molecule has 0 saturated heterocycles. The molecule has 0 spiro atoms. The van der Waals surface area contributed by atoms with Gasteiger partial charge in [-0.1, -0.05) is 32.4 Å². The summed E-state index contributed by atoms with van der Waals surface area (Å²) >= 11 is 0. The lowest BCUT2D eigenvalue weighted by Crippen LogP contribution is -2.46. The van der Waals surface area contributed by atoms with Gasteiger partial charge < -0.3 is 0 Å². The van der Waals surface area contributed by atoms with E-state index in [1.165, 1.54) is 31.7 Å². The van der Waals surface area contributed by atoms with Crippen LogP contribution in [0.3, 0.4) is 0 Å². The van der Waals surface area contributed by atoms with E-state index in [4.69, 9.17) is 0 Å². The topological polar surface area (TPSA) is 3.24 Å². The van der Waals surface area contributed by atoms with Gasteiger partial charge in [0.2, 0.25) is 0 Å². The Kier molecular flexibility index (Phi) is 4.53. The third-order valence-electron chi connectivity index (χ3n) is 5.36. The van der Waals surface area contributed by atoms with E-state index in [1.54, 1.807) is 6.07 Å². The van der Waals surface area contributed by atoms with Crippen LogP contribution in [0.1, 0.15) is 57.9 Å². The number of nitrogens with zero attached hydrogens (tertiary/aromatic N) is 1. The van der Waals surface area contributed by atoms with Crippen LogP contribution in [0.15, 0.2) is 24.3 Å². The molecule has 0 aromatic heterocycles. The maximum Gasteiger partial charge on any atom is 0.123 e. The highest BCUT2D eigenvalue weighted by molar-refractivity contribution is 5.26. The molecule has 0 aliphatic heterocycles. The van der Waals surface area contributed by atoms with Crippen LogP contribution in [0.5, 0.6) is 0 Å². The molecular weight excluding hydrogens is 249 g/mol. The van der Waals surface area contributed by atoms with Gasteiger partial charge in [0.15, 0.2) is 0 Å². The Morgan fingerprint density at radius 3 is 2.30 bits per heavy atom. The lowest BCUT2D eigenvalue weighted by Gasteiger charge is -2.49. The Hall–Kier alpha value is -0.890. The standard InChI is InChI=1S/C18H28FN/c1-5-9-17(2)10-12-18(13-11-17,20(3)4)15-7-6-8-16(19)14-15/h6-8,14H,5,9-13H2,1-4H3. The smallest absolute Gasteiger partial charge is 0.123 e. The summed E-state index contributed by atoms with van der Waals surface area (Å²) in [6, 6.07) is 7.20. The fourth-order valence-corrected chi connectivity index (χ4v) is 3.89. The van der Waals surface area contributed by atoms with Crippen LogP contribution in [-0.4, -0.2) is 19.0 Å². The molecule has 1 aromatic rings. The summed E-state index contributed by atoms with van der Waals surface area (Å²) in [7, 11) is 4.26. The molecule has 1 aliphatic rings. The number of benzene rings is 1. The second-order valence-corrected chi connectivity index (χ2v) is 7.00. The zero-order valence-electron chi connectivity index (χ0n) is 13.4. The number of hydrogen-bond acceptors (Lipinski definition) is 1. The minimum Gasteiger partial charge on any atom is -0.300 e. The minimum absolute atomic E-state index is 0.00928. The Labute approximate surface area is 123 Å². The summed E-state index contributed by atoms with van der Waals surface area (Å²) < 4.78 is 13.6. The van der Waals surface area contributed by atoms with Crippen LogP contribution < -0.4 is 0 Å². The van der Waals surface area contributed by atoms with Gasteiger partial charge in [-0.15, -0.1) is 0 Å². The molecule has 1 fully saturated rings. The van der Waals surface area contributed by atoms with Crippen LogP contribution >= 0.6 is 0 Å². The van der Waals surface area contributed by atoms with Crippen molar-refractivity contribution in [1.29, 1.82) is 0 Å². The molecule has 0 radical (unpaired) electrons. The van der Waals surface area contributed by atoms with Crippen LogP contribution in [0.4, 0.5) is 4.39 Å². The van der Waals surface area contributed by atoms with Gasteiger partial charge in [-0.25, -0.2) is 4.39 Å². The number of hydrogen-bond donors (Lipinski definition) is 0. The first kappa shape index (κ1) is 15.5. The van der Waals surface area contributed by atoms with E-state index >= 15 is 0 Å². The third kappa shape index (κ3) is 2.90. The van der Waals surface area contributed by atoms with E-state index in [0.717, 1.165) is 18.4 Å². The zero-order valence-corrected chi connectivity index (χ0v) is 13.4. The highest BCUT2D eigenvalue weighted by atomic mass is 19.1. The predicted octanol–water partition coefficient (Wildman–Crippen LogP) is 4.96. The van der Waals surface area contributed by atoms with Crippen LogP contribution in [0.25, 0.3) is 0 Å². The van der Waals surface area contributed by atoms with Crippen molar-refractivity contribution in [2.45, 2.75) is 57.9 Å². The highest BCUT2D eigenvalue weighted by Crippen LogP contribution is 2.49. The first-order valence-electron chi connectivity index (χ1n) is 7.85. The maximum atomic E-state index is 13.6. The normalized spacial score (nSPS) is 30.7. The average Bonchev–Trinajstić information content (AvgIpc) is 2.39. The molecule has 1 aliphatic carbocycles. The summed E-state index contributed by atoms with van der Waals surface area (Å²) in [5, 5.41) is 0. The molecule has 0 heterocycles. The number of halogens is 1. The van der Waals surface area contributed by atoms with Gasteiger partial charge in [-0.2, -0.15) is 0 Å². The molecule has 1 aromatic carbocycles. The van der Waals surface area contributed by atoms with Crippen molar-refractivity contribution < 1.29 is 4.39 Å². The number of rotatable bonds is 4. The second-order valence-electron chi connectivity index (χ2n) is 7.00. The fraction of sp³-hybridized carbons (Fsp3) is 0.667. The van der Waals surface area contributed by atoms with Crippen molar-refractivity contribution in [3.63, 3.8) is 0 Å². The molecule has 0 bridgehead atoms. The average molecular weight is 277 g/mol. The molecule has 2 rings (SSSR count). The van der Waals surface area contributed by atoms with E-state index in [2.05, 4.69) is 38.9 Å². The van der Waals surface area contributed by atoms with E-state index in [-0.39, 0.29) is 11.4 Å². The van der Waals surface area contributed by atoms with E-state index in [0.29, 0.717) is 5.41 Å². The summed E-state index contributed by atoms with van der Waals surface area (Å²) in [4.78, 5) is 2.30. The van der Waals surface area contributed by atoms with Gasteiger partial charge in [-0.3, -0.25) is 4.90 Å². The van der Waals surface area contributed by atoms with Crippen molar-refractivity contribution in [2.75, 3.05) is 14.1 Å². The van der Waals surface area contributed by atoms with Gasteiger partial charge in [0, 0.05) is 5.54 Å². The van der Waals surface area contributed by atoms with Crippen LogP contribution in [0.2, 0.25) is 0 Å². The van der Waals surface area contributed by atoms with E-state index in [1.807, 2.05) is 6.07 Å². The molecule has 112 valence electrons. The minimum atomic E-state index is -0.120. The molecule has 1 saturated carbocycles. The van der Waals surface area contributed by atoms with Crippen molar-refractivity contribution in [1.82, 2.24) is 4.90 Å². The fourth-order valence-electron chi connectivity index (χ4n) is 3.89. The summed E-state index contributed by atoms with van der Waals surface area (Å²) in [6.07, 6.45) is 7.27. The third-order valence-corrected chi connectivity index (χ3v) is 5.36. The van der Waals surface area contributed by atoms with Gasteiger partial charge >= 0.3 is 0 Å². The zero-order chi connectivity index (χ0) is 14.8. The SMILES string of the molecule is CCCC1(C)CCC(c2cccc(F)c2)(N(C)C)CC1. The molecule has 0 N–H and O–H groups in total. The Morgan fingerprint density at radius 1 is 1.15 bits per heavy atom. The van der Waals surface area contributed by atoms with E-state index < -0.39 is 0 Å². The van der Waals surface area contributed by atoms with Crippen LogP contribution in [0, 0.1) is 11.2 Å². The molecule has 2 heteroatoms. The Bertz CT molecular complexity index is 444. The second kappa shape index (κ2) is 5.85. The molecule has 0 amide bonds. The quantitative estimate of drug-likeness (QED) is 0.751. The molecule has 20 heavy (non-hydrogen) atoms. The summed E-state index contributed by atoms with van der Waals surface area (Å²) in [6.45, 7) is 4.69. The molecule has 0 unspecified atom stereocenters. The Balaban J connectivity index is 2.26. The predicted molar refractivity (Wildman–Crippen MR) is 83.2 cm³/mol. The van der Waals surface area contributed by atoms with Crippen molar-refractivity contribution >= 4 is 0 Å². The lowest BCUT2D eigenvalue weighted by atomic mass is 9.64.